The fraction of sp³-hybridized carbons (Fsp3) is 0.312. The molecule has 1 unspecified atom stereocenters. The lowest BCUT2D eigenvalue weighted by Crippen LogP contribution is -2.38. The van der Waals surface area contributed by atoms with Crippen LogP contribution in [0.15, 0.2) is 47.1 Å². The highest BCUT2D eigenvalue weighted by atomic mass is 19.1. The minimum Gasteiger partial charge on any atom is -0.467 e. The fourth-order valence-electron chi connectivity index (χ4n) is 2.55. The summed E-state index contributed by atoms with van der Waals surface area (Å²) in [5.41, 5.74) is -0.00148. The number of furan rings is 1. The summed E-state index contributed by atoms with van der Waals surface area (Å²) < 4.78 is 18.6. The molecular weight excluding hydrogens is 273 g/mol. The van der Waals surface area contributed by atoms with E-state index in [0.717, 1.165) is 0 Å². The number of aliphatic hydroxyl groups is 1. The number of hydrogen-bond acceptors (Lipinski definition) is 3. The minimum absolute atomic E-state index is 0.205. The van der Waals surface area contributed by atoms with Crippen molar-refractivity contribution in [3.8, 4) is 0 Å². The molecule has 1 aliphatic carbocycles. The number of rotatable bonds is 5. The Kier molecular flexibility index (Phi) is 3.51. The van der Waals surface area contributed by atoms with Gasteiger partial charge in [-0.25, -0.2) is 4.39 Å². The Balaban J connectivity index is 1.79. The summed E-state index contributed by atoms with van der Waals surface area (Å²) in [6.07, 6.45) is 2.85. The number of amides is 1. The van der Waals surface area contributed by atoms with E-state index in [-0.39, 0.29) is 18.3 Å². The predicted octanol–water partition coefficient (Wildman–Crippen LogP) is 2.30. The summed E-state index contributed by atoms with van der Waals surface area (Å²) in [7, 11) is 0. The van der Waals surface area contributed by atoms with Crippen LogP contribution in [0.5, 0.6) is 0 Å². The number of carbonyl (C=O) groups is 1. The fourth-order valence-corrected chi connectivity index (χ4v) is 2.55. The van der Waals surface area contributed by atoms with Crippen LogP contribution >= 0.6 is 0 Å². The van der Waals surface area contributed by atoms with Crippen molar-refractivity contribution in [3.63, 3.8) is 0 Å². The smallest absolute Gasteiger partial charge is 0.231 e. The van der Waals surface area contributed by atoms with Gasteiger partial charge in [-0.3, -0.25) is 4.79 Å². The Labute approximate surface area is 121 Å². The number of halogens is 1. The van der Waals surface area contributed by atoms with Gasteiger partial charge >= 0.3 is 0 Å². The van der Waals surface area contributed by atoms with Gasteiger partial charge in [0.1, 0.15) is 17.6 Å². The quantitative estimate of drug-likeness (QED) is 0.888. The topological polar surface area (TPSA) is 62.5 Å². The molecule has 3 rings (SSSR count). The van der Waals surface area contributed by atoms with Crippen molar-refractivity contribution in [3.05, 3.63) is 59.8 Å². The van der Waals surface area contributed by atoms with E-state index in [2.05, 4.69) is 5.32 Å². The molecule has 1 saturated carbocycles. The van der Waals surface area contributed by atoms with Crippen LogP contribution in [0.4, 0.5) is 4.39 Å². The summed E-state index contributed by atoms with van der Waals surface area (Å²) in [6, 6.07) is 8.93. The third-order valence-corrected chi connectivity index (χ3v) is 3.94. The van der Waals surface area contributed by atoms with Crippen molar-refractivity contribution < 1.29 is 18.7 Å². The Morgan fingerprint density at radius 1 is 1.38 bits per heavy atom. The first-order valence-corrected chi connectivity index (χ1v) is 6.87. The zero-order valence-electron chi connectivity index (χ0n) is 11.4. The third kappa shape index (κ3) is 2.56. The van der Waals surface area contributed by atoms with Crippen molar-refractivity contribution in [2.45, 2.75) is 24.3 Å². The number of benzene rings is 1. The minimum atomic E-state index is -0.678. The molecule has 1 heterocycles. The van der Waals surface area contributed by atoms with Crippen LogP contribution in [-0.4, -0.2) is 17.6 Å². The number of nitrogens with one attached hydrogen (secondary N) is 1. The average Bonchev–Trinajstić information content (AvgIpc) is 3.13. The third-order valence-electron chi connectivity index (χ3n) is 3.94. The van der Waals surface area contributed by atoms with Gasteiger partial charge in [-0.1, -0.05) is 12.1 Å². The Morgan fingerprint density at radius 3 is 2.76 bits per heavy atom. The highest BCUT2D eigenvalue weighted by molar-refractivity contribution is 5.91. The van der Waals surface area contributed by atoms with Gasteiger partial charge in [-0.15, -0.1) is 0 Å². The molecule has 5 heteroatoms. The molecule has 0 bridgehead atoms. The molecule has 110 valence electrons. The van der Waals surface area contributed by atoms with Crippen molar-refractivity contribution >= 4 is 5.91 Å². The van der Waals surface area contributed by atoms with Crippen LogP contribution in [-0.2, 0) is 10.2 Å². The molecule has 1 aromatic heterocycles. The molecule has 1 atom stereocenters. The zero-order chi connectivity index (χ0) is 14.9. The molecule has 2 N–H and O–H groups in total. The first kappa shape index (κ1) is 13.8. The van der Waals surface area contributed by atoms with Gasteiger partial charge in [-0.2, -0.15) is 0 Å². The van der Waals surface area contributed by atoms with Gasteiger partial charge in [0.25, 0.3) is 0 Å². The second kappa shape index (κ2) is 5.33. The summed E-state index contributed by atoms with van der Waals surface area (Å²) >= 11 is 0. The van der Waals surface area contributed by atoms with E-state index in [9.17, 15) is 14.3 Å². The summed E-state index contributed by atoms with van der Waals surface area (Å²) in [5.74, 6) is -0.0549. The van der Waals surface area contributed by atoms with Crippen LogP contribution in [0.25, 0.3) is 0 Å². The summed E-state index contributed by atoms with van der Waals surface area (Å²) in [6.45, 7) is -0.252. The highest BCUT2D eigenvalue weighted by Gasteiger charge is 2.51. The summed E-state index contributed by atoms with van der Waals surface area (Å²) in [5, 5.41) is 12.2. The number of aliphatic hydroxyl groups excluding tert-OH is 1. The van der Waals surface area contributed by atoms with Gasteiger partial charge in [0.15, 0.2) is 0 Å². The first-order chi connectivity index (χ1) is 10.2. The predicted molar refractivity (Wildman–Crippen MR) is 74.0 cm³/mol. The van der Waals surface area contributed by atoms with Gasteiger partial charge < -0.3 is 14.8 Å². The summed E-state index contributed by atoms with van der Waals surface area (Å²) in [4.78, 5) is 12.5. The van der Waals surface area contributed by atoms with Crippen molar-refractivity contribution in [2.24, 2.45) is 0 Å². The molecule has 0 aliphatic heterocycles. The zero-order valence-corrected chi connectivity index (χ0v) is 11.4. The maximum atomic E-state index is 13.4. The lowest BCUT2D eigenvalue weighted by atomic mass is 9.94. The highest BCUT2D eigenvalue weighted by Crippen LogP contribution is 2.48. The lowest BCUT2D eigenvalue weighted by molar-refractivity contribution is -0.124. The normalized spacial score (nSPS) is 17.2. The molecule has 1 amide bonds. The van der Waals surface area contributed by atoms with Crippen LogP contribution in [0.3, 0.4) is 0 Å². The first-order valence-electron chi connectivity index (χ1n) is 6.87. The molecule has 0 spiro atoms. The Bertz CT molecular complexity index is 635. The second-order valence-corrected chi connectivity index (χ2v) is 5.32. The molecule has 1 fully saturated rings. The van der Waals surface area contributed by atoms with E-state index >= 15 is 0 Å². The van der Waals surface area contributed by atoms with Gasteiger partial charge in [0.05, 0.1) is 18.3 Å². The van der Waals surface area contributed by atoms with E-state index in [1.54, 1.807) is 24.3 Å². The van der Waals surface area contributed by atoms with Gasteiger partial charge in [-0.05, 0) is 42.7 Å². The largest absolute Gasteiger partial charge is 0.467 e. The second-order valence-electron chi connectivity index (χ2n) is 5.32. The number of carbonyl (C=O) groups excluding carboxylic acids is 1. The maximum Gasteiger partial charge on any atom is 0.231 e. The van der Waals surface area contributed by atoms with E-state index in [4.69, 9.17) is 4.42 Å². The SMILES string of the molecule is O=C(NC(CO)c1ccco1)C1(c2cccc(F)c2)CC1. The van der Waals surface area contributed by atoms with Crippen LogP contribution in [0.2, 0.25) is 0 Å². The molecular formula is C16H16FNO3. The molecule has 2 aromatic rings. The van der Waals surface area contributed by atoms with Gasteiger partial charge in [0.2, 0.25) is 5.91 Å². The van der Waals surface area contributed by atoms with Crippen LogP contribution < -0.4 is 5.32 Å². The van der Waals surface area contributed by atoms with E-state index in [0.29, 0.717) is 24.2 Å². The Hall–Kier alpha value is -2.14. The lowest BCUT2D eigenvalue weighted by Gasteiger charge is -2.20. The Morgan fingerprint density at radius 2 is 2.19 bits per heavy atom. The molecule has 21 heavy (non-hydrogen) atoms. The molecule has 0 saturated heterocycles. The number of hydrogen-bond donors (Lipinski definition) is 2. The standard InChI is InChI=1S/C16H16FNO3/c17-12-4-1-3-11(9-12)16(6-7-16)15(20)18-13(10-19)14-5-2-8-21-14/h1-5,8-9,13,19H,6-7,10H2,(H,18,20). The molecule has 0 radical (unpaired) electrons. The molecule has 1 aliphatic rings. The maximum absolute atomic E-state index is 13.4. The van der Waals surface area contributed by atoms with Crippen LogP contribution in [0, 0.1) is 5.82 Å². The van der Waals surface area contributed by atoms with Crippen molar-refractivity contribution in [1.29, 1.82) is 0 Å². The monoisotopic (exact) mass is 289 g/mol. The van der Waals surface area contributed by atoms with E-state index < -0.39 is 11.5 Å². The molecule has 1 aromatic carbocycles. The van der Waals surface area contributed by atoms with E-state index in [1.165, 1.54) is 18.4 Å². The van der Waals surface area contributed by atoms with Gasteiger partial charge in [0, 0.05) is 0 Å². The van der Waals surface area contributed by atoms with Crippen molar-refractivity contribution in [1.82, 2.24) is 5.32 Å². The van der Waals surface area contributed by atoms with E-state index in [1.807, 2.05) is 0 Å². The van der Waals surface area contributed by atoms with Crippen LogP contribution in [0.1, 0.15) is 30.2 Å². The van der Waals surface area contributed by atoms with Crippen molar-refractivity contribution in [2.75, 3.05) is 6.61 Å². The average molecular weight is 289 g/mol. The molecule has 4 nitrogen and oxygen atoms in total.